The van der Waals surface area contributed by atoms with Crippen LogP contribution in [0.3, 0.4) is 0 Å². The summed E-state index contributed by atoms with van der Waals surface area (Å²) in [5.41, 5.74) is 1.05. The van der Waals surface area contributed by atoms with E-state index in [1.165, 1.54) is 0 Å². The van der Waals surface area contributed by atoms with Crippen LogP contribution < -0.4 is 5.32 Å². The van der Waals surface area contributed by atoms with Crippen molar-refractivity contribution in [3.05, 3.63) is 71.8 Å². The number of nitrogens with one attached hydrogen (secondary N) is 1. The number of ether oxygens (including phenoxy) is 3. The smallest absolute Gasteiger partial charge is 0.407 e. The van der Waals surface area contributed by atoms with Gasteiger partial charge in [-0.3, -0.25) is 0 Å². The topological polar surface area (TPSA) is 77.0 Å². The van der Waals surface area contributed by atoms with Crippen molar-refractivity contribution >= 4 is 6.09 Å². The molecule has 0 aliphatic rings. The van der Waals surface area contributed by atoms with Crippen molar-refractivity contribution in [3.8, 4) is 0 Å². The number of aliphatic hydroxyl groups excluding tert-OH is 1. The summed E-state index contributed by atoms with van der Waals surface area (Å²) in [7, 11) is 0. The number of carbonyl (C=O) groups is 1. The normalized spacial score (nSPS) is 11.9. The highest BCUT2D eigenvalue weighted by molar-refractivity contribution is 5.67. The maximum Gasteiger partial charge on any atom is 0.407 e. The van der Waals surface area contributed by atoms with E-state index in [1.807, 2.05) is 81.4 Å². The Labute approximate surface area is 191 Å². The maximum absolute atomic E-state index is 12.2. The van der Waals surface area contributed by atoms with Crippen LogP contribution in [-0.4, -0.2) is 43.2 Å². The summed E-state index contributed by atoms with van der Waals surface area (Å²) >= 11 is 0. The van der Waals surface area contributed by atoms with Crippen molar-refractivity contribution in [1.29, 1.82) is 0 Å². The molecule has 0 spiro atoms. The first-order chi connectivity index (χ1) is 15.3. The summed E-state index contributed by atoms with van der Waals surface area (Å²) in [6.45, 7) is 7.59. The molecular formula is C26H37NO5. The lowest BCUT2D eigenvalue weighted by atomic mass is 9.82. The Morgan fingerprint density at radius 1 is 0.844 bits per heavy atom. The van der Waals surface area contributed by atoms with Crippen LogP contribution in [0, 0.1) is 5.41 Å². The standard InChI is InChI=1S/C26H37NO5/c1-25(2,3)32-24(29)27-20-26(21-28,14-16-30-18-22-10-6-4-7-11-22)15-17-31-19-23-12-8-5-9-13-23/h4-13,28H,14-21H2,1-3H3,(H,27,29). The van der Waals surface area contributed by atoms with Crippen LogP contribution in [0.25, 0.3) is 0 Å². The number of benzene rings is 2. The van der Waals surface area contributed by atoms with Crippen LogP contribution in [-0.2, 0) is 27.4 Å². The SMILES string of the molecule is CC(C)(C)OC(=O)NCC(CO)(CCOCc1ccccc1)CCOCc1ccccc1. The van der Waals surface area contributed by atoms with Crippen LogP contribution in [0.15, 0.2) is 60.7 Å². The fourth-order valence-corrected chi connectivity index (χ4v) is 3.20. The molecule has 0 aromatic heterocycles. The number of hydrogen-bond acceptors (Lipinski definition) is 5. The van der Waals surface area contributed by atoms with Crippen LogP contribution >= 0.6 is 0 Å². The molecule has 0 radical (unpaired) electrons. The highest BCUT2D eigenvalue weighted by atomic mass is 16.6. The maximum atomic E-state index is 12.2. The molecule has 2 aromatic rings. The molecule has 2 rings (SSSR count). The lowest BCUT2D eigenvalue weighted by molar-refractivity contribution is 0.0120. The zero-order valence-electron chi connectivity index (χ0n) is 19.5. The van der Waals surface area contributed by atoms with Gasteiger partial charge in [0.05, 0.1) is 19.8 Å². The Hall–Kier alpha value is -2.41. The number of amides is 1. The molecule has 0 heterocycles. The van der Waals surface area contributed by atoms with Gasteiger partial charge in [0.1, 0.15) is 5.60 Å². The largest absolute Gasteiger partial charge is 0.444 e. The van der Waals surface area contributed by atoms with Crippen molar-refractivity contribution in [2.75, 3.05) is 26.4 Å². The van der Waals surface area contributed by atoms with Crippen molar-refractivity contribution in [2.45, 2.75) is 52.4 Å². The molecule has 0 saturated carbocycles. The molecule has 0 bridgehead atoms. The quantitative estimate of drug-likeness (QED) is 0.439. The minimum atomic E-state index is -0.580. The third-order valence-corrected chi connectivity index (χ3v) is 5.12. The third kappa shape index (κ3) is 10.3. The van der Waals surface area contributed by atoms with Crippen LogP contribution in [0.4, 0.5) is 4.79 Å². The minimum absolute atomic E-state index is 0.0911. The molecule has 0 aliphatic carbocycles. The van der Waals surface area contributed by atoms with Crippen LogP contribution in [0.5, 0.6) is 0 Å². The van der Waals surface area contributed by atoms with E-state index in [-0.39, 0.29) is 13.2 Å². The third-order valence-electron chi connectivity index (χ3n) is 5.12. The molecule has 0 aliphatic heterocycles. The molecule has 2 aromatic carbocycles. The summed E-state index contributed by atoms with van der Waals surface area (Å²) in [4.78, 5) is 12.2. The summed E-state index contributed by atoms with van der Waals surface area (Å²) in [5.74, 6) is 0. The van der Waals surface area contributed by atoms with E-state index in [0.29, 0.717) is 39.3 Å². The summed E-state index contributed by atoms with van der Waals surface area (Å²) < 4.78 is 17.0. The molecule has 32 heavy (non-hydrogen) atoms. The Bertz CT molecular complexity index is 726. The fourth-order valence-electron chi connectivity index (χ4n) is 3.20. The highest BCUT2D eigenvalue weighted by Crippen LogP contribution is 2.26. The minimum Gasteiger partial charge on any atom is -0.444 e. The second kappa shape index (κ2) is 13.2. The first kappa shape index (κ1) is 25.8. The zero-order chi connectivity index (χ0) is 23.3. The van der Waals surface area contributed by atoms with Crippen LogP contribution in [0.1, 0.15) is 44.7 Å². The molecule has 6 nitrogen and oxygen atoms in total. The van der Waals surface area contributed by atoms with Gasteiger partial charge < -0.3 is 24.6 Å². The van der Waals surface area contributed by atoms with Crippen LogP contribution in [0.2, 0.25) is 0 Å². The van der Waals surface area contributed by atoms with E-state index in [0.717, 1.165) is 11.1 Å². The molecule has 1 amide bonds. The second-order valence-electron chi connectivity index (χ2n) is 9.09. The molecule has 0 atom stereocenters. The van der Waals surface area contributed by atoms with Gasteiger partial charge in [0.2, 0.25) is 0 Å². The van der Waals surface area contributed by atoms with Gasteiger partial charge in [-0.25, -0.2) is 4.79 Å². The van der Waals surface area contributed by atoms with Crippen molar-refractivity contribution in [2.24, 2.45) is 5.41 Å². The van der Waals surface area contributed by atoms with Gasteiger partial charge in [-0.05, 0) is 44.7 Å². The molecule has 0 fully saturated rings. The van der Waals surface area contributed by atoms with Gasteiger partial charge in [-0.1, -0.05) is 60.7 Å². The van der Waals surface area contributed by atoms with Gasteiger partial charge in [0.15, 0.2) is 0 Å². The van der Waals surface area contributed by atoms with Crippen molar-refractivity contribution in [3.63, 3.8) is 0 Å². The van der Waals surface area contributed by atoms with Crippen molar-refractivity contribution < 1.29 is 24.1 Å². The Balaban J connectivity index is 1.89. The Kier molecular flexibility index (Phi) is 10.7. The van der Waals surface area contributed by atoms with E-state index >= 15 is 0 Å². The summed E-state index contributed by atoms with van der Waals surface area (Å²) in [6.07, 6.45) is 0.674. The lowest BCUT2D eigenvalue weighted by Gasteiger charge is -2.32. The number of rotatable bonds is 13. The first-order valence-electron chi connectivity index (χ1n) is 11.1. The predicted molar refractivity (Wildman–Crippen MR) is 125 cm³/mol. The number of hydrogen-bond donors (Lipinski definition) is 2. The average molecular weight is 444 g/mol. The number of aliphatic hydroxyl groups is 1. The molecule has 0 saturated heterocycles. The van der Waals surface area contributed by atoms with Gasteiger partial charge >= 0.3 is 6.09 Å². The zero-order valence-corrected chi connectivity index (χ0v) is 19.5. The molecule has 6 heteroatoms. The molecule has 2 N–H and O–H groups in total. The van der Waals surface area contributed by atoms with E-state index in [1.54, 1.807) is 0 Å². The van der Waals surface area contributed by atoms with Gasteiger partial charge in [0.25, 0.3) is 0 Å². The van der Waals surface area contributed by atoms with Gasteiger partial charge in [-0.2, -0.15) is 0 Å². The van der Waals surface area contributed by atoms with Gasteiger partial charge in [-0.15, -0.1) is 0 Å². The van der Waals surface area contributed by atoms with Gasteiger partial charge in [0, 0.05) is 25.2 Å². The van der Waals surface area contributed by atoms with E-state index < -0.39 is 17.1 Å². The Morgan fingerprint density at radius 2 is 1.31 bits per heavy atom. The monoisotopic (exact) mass is 443 g/mol. The highest BCUT2D eigenvalue weighted by Gasteiger charge is 2.31. The lowest BCUT2D eigenvalue weighted by Crippen LogP contribution is -2.43. The number of carbonyl (C=O) groups excluding carboxylic acids is 1. The fraction of sp³-hybridized carbons (Fsp3) is 0.500. The second-order valence-corrected chi connectivity index (χ2v) is 9.09. The Morgan fingerprint density at radius 3 is 1.72 bits per heavy atom. The first-order valence-corrected chi connectivity index (χ1v) is 11.1. The predicted octanol–water partition coefficient (Wildman–Crippen LogP) is 4.70. The summed E-state index contributed by atoms with van der Waals surface area (Å²) in [5, 5.41) is 13.1. The molecule has 0 unspecified atom stereocenters. The molecule has 176 valence electrons. The van der Waals surface area contributed by atoms with E-state index in [2.05, 4.69) is 5.32 Å². The number of alkyl carbamates (subject to hydrolysis) is 1. The van der Waals surface area contributed by atoms with E-state index in [4.69, 9.17) is 14.2 Å². The van der Waals surface area contributed by atoms with E-state index in [9.17, 15) is 9.90 Å². The van der Waals surface area contributed by atoms with Crippen molar-refractivity contribution in [1.82, 2.24) is 5.32 Å². The average Bonchev–Trinajstić information content (AvgIpc) is 2.78. The summed E-state index contributed by atoms with van der Waals surface area (Å²) in [6, 6.07) is 19.9. The molecular weight excluding hydrogens is 406 g/mol.